The Morgan fingerprint density at radius 1 is 0.938 bits per heavy atom. The third-order valence-electron chi connectivity index (χ3n) is 3.23. The lowest BCUT2D eigenvalue weighted by Gasteiger charge is -2.38. The van der Waals surface area contributed by atoms with Gasteiger partial charge in [0.05, 0.1) is 6.17 Å². The van der Waals surface area contributed by atoms with Gasteiger partial charge < -0.3 is 0 Å². The maximum absolute atomic E-state index is 3.74. The van der Waals surface area contributed by atoms with E-state index in [1.54, 1.807) is 0 Å². The lowest BCUT2D eigenvalue weighted by atomic mass is 9.96. The number of rotatable bonds is 6. The lowest BCUT2D eigenvalue weighted by molar-refractivity contribution is 0.193. The second-order valence-electron chi connectivity index (χ2n) is 6.64. The lowest BCUT2D eigenvalue weighted by Crippen LogP contribution is -2.59. The molecule has 0 aliphatic heterocycles. The highest BCUT2D eigenvalue weighted by molar-refractivity contribution is 4.86. The molecule has 0 heterocycles. The highest BCUT2D eigenvalue weighted by Crippen LogP contribution is 2.15. The van der Waals surface area contributed by atoms with Crippen molar-refractivity contribution >= 4 is 0 Å². The summed E-state index contributed by atoms with van der Waals surface area (Å²) in [6.45, 7) is 18.0. The summed E-state index contributed by atoms with van der Waals surface area (Å²) in [6, 6.07) is 0. The van der Waals surface area contributed by atoms with Gasteiger partial charge in [0.15, 0.2) is 0 Å². The largest absolute Gasteiger partial charge is 0.297 e. The molecular formula is C14H32N2. The van der Waals surface area contributed by atoms with E-state index in [2.05, 4.69) is 66.0 Å². The fourth-order valence-electron chi connectivity index (χ4n) is 1.55. The van der Waals surface area contributed by atoms with Gasteiger partial charge in [-0.2, -0.15) is 0 Å². The zero-order valence-corrected chi connectivity index (χ0v) is 12.6. The van der Waals surface area contributed by atoms with Crippen LogP contribution >= 0.6 is 0 Å². The van der Waals surface area contributed by atoms with Crippen LogP contribution in [0.5, 0.6) is 0 Å². The Morgan fingerprint density at radius 2 is 1.44 bits per heavy atom. The molecule has 0 aliphatic carbocycles. The van der Waals surface area contributed by atoms with Crippen LogP contribution in [-0.4, -0.2) is 17.2 Å². The zero-order chi connectivity index (χ0) is 13.0. The number of nitrogens with one attached hydrogen (secondary N) is 2. The van der Waals surface area contributed by atoms with Crippen LogP contribution in [0.3, 0.4) is 0 Å². The molecule has 2 N–H and O–H groups in total. The summed E-state index contributed by atoms with van der Waals surface area (Å²) in [5.74, 6) is 0.644. The van der Waals surface area contributed by atoms with Crippen molar-refractivity contribution in [3.05, 3.63) is 0 Å². The van der Waals surface area contributed by atoms with E-state index in [1.807, 2.05) is 0 Å². The molecule has 0 spiro atoms. The molecule has 0 aliphatic rings. The molecule has 2 heteroatoms. The van der Waals surface area contributed by atoms with Gasteiger partial charge in [0.1, 0.15) is 0 Å². The van der Waals surface area contributed by atoms with E-state index in [0.717, 1.165) is 6.42 Å². The average molecular weight is 228 g/mol. The van der Waals surface area contributed by atoms with Crippen LogP contribution in [0.15, 0.2) is 0 Å². The molecule has 0 aromatic heterocycles. The summed E-state index contributed by atoms with van der Waals surface area (Å²) in [4.78, 5) is 0. The van der Waals surface area contributed by atoms with Crippen molar-refractivity contribution in [1.82, 2.24) is 10.6 Å². The Balaban J connectivity index is 4.56. The Labute approximate surface area is 103 Å². The van der Waals surface area contributed by atoms with Gasteiger partial charge in [-0.3, -0.25) is 10.6 Å². The monoisotopic (exact) mass is 228 g/mol. The molecule has 2 nitrogen and oxygen atoms in total. The van der Waals surface area contributed by atoms with Crippen LogP contribution in [0.25, 0.3) is 0 Å². The van der Waals surface area contributed by atoms with Gasteiger partial charge in [-0.25, -0.2) is 0 Å². The Hall–Kier alpha value is -0.0800. The standard InChI is InChI=1S/C14H32N2/c1-9-11(3)12(15-13(4,5)6)16-14(7,8)10-2/h11-12,15-16H,9-10H2,1-8H3. The van der Waals surface area contributed by atoms with E-state index in [9.17, 15) is 0 Å². The quantitative estimate of drug-likeness (QED) is 0.680. The minimum Gasteiger partial charge on any atom is -0.297 e. The minimum atomic E-state index is 0.158. The molecule has 0 rings (SSSR count). The average Bonchev–Trinajstić information content (AvgIpc) is 2.13. The minimum absolute atomic E-state index is 0.158. The van der Waals surface area contributed by atoms with E-state index < -0.39 is 0 Å². The van der Waals surface area contributed by atoms with Crippen molar-refractivity contribution in [3.8, 4) is 0 Å². The Bertz CT molecular complexity index is 191. The highest BCUT2D eigenvalue weighted by atomic mass is 15.2. The van der Waals surface area contributed by atoms with Crippen molar-refractivity contribution in [1.29, 1.82) is 0 Å². The van der Waals surface area contributed by atoms with Crippen molar-refractivity contribution in [3.63, 3.8) is 0 Å². The van der Waals surface area contributed by atoms with Crippen LogP contribution in [0.2, 0.25) is 0 Å². The van der Waals surface area contributed by atoms with Crippen LogP contribution in [-0.2, 0) is 0 Å². The molecule has 2 atom stereocenters. The van der Waals surface area contributed by atoms with E-state index >= 15 is 0 Å². The SMILES string of the molecule is CCC(C)C(NC(C)(C)C)NC(C)(C)CC. The van der Waals surface area contributed by atoms with Gasteiger partial charge in [0.25, 0.3) is 0 Å². The predicted octanol–water partition coefficient (Wildman–Crippen LogP) is 3.52. The van der Waals surface area contributed by atoms with Crippen LogP contribution in [0.4, 0.5) is 0 Å². The summed E-state index contributed by atoms with van der Waals surface area (Å²) in [7, 11) is 0. The molecule has 0 amide bonds. The molecule has 16 heavy (non-hydrogen) atoms. The van der Waals surface area contributed by atoms with Crippen LogP contribution in [0.1, 0.15) is 68.2 Å². The smallest absolute Gasteiger partial charge is 0.0606 e. The normalized spacial score (nSPS) is 17.2. The van der Waals surface area contributed by atoms with E-state index in [0.29, 0.717) is 12.1 Å². The van der Waals surface area contributed by atoms with Crippen molar-refractivity contribution in [2.45, 2.75) is 85.5 Å². The van der Waals surface area contributed by atoms with Crippen molar-refractivity contribution in [2.24, 2.45) is 5.92 Å². The molecule has 0 fully saturated rings. The Morgan fingerprint density at radius 3 is 1.75 bits per heavy atom. The first-order valence-electron chi connectivity index (χ1n) is 6.66. The molecule has 0 aromatic rings. The molecule has 2 unspecified atom stereocenters. The van der Waals surface area contributed by atoms with Crippen LogP contribution < -0.4 is 10.6 Å². The first-order chi connectivity index (χ1) is 7.11. The molecule has 0 bridgehead atoms. The van der Waals surface area contributed by atoms with Gasteiger partial charge in [-0.15, -0.1) is 0 Å². The third-order valence-corrected chi connectivity index (χ3v) is 3.23. The molecule has 0 aromatic carbocycles. The molecule has 0 saturated carbocycles. The van der Waals surface area contributed by atoms with Gasteiger partial charge in [-0.05, 0) is 47.0 Å². The molecule has 0 saturated heterocycles. The summed E-state index contributed by atoms with van der Waals surface area (Å²) >= 11 is 0. The third kappa shape index (κ3) is 6.49. The fourth-order valence-corrected chi connectivity index (χ4v) is 1.55. The first kappa shape index (κ1) is 15.9. The van der Waals surface area contributed by atoms with E-state index in [1.165, 1.54) is 6.42 Å². The second kappa shape index (κ2) is 6.02. The molecule has 98 valence electrons. The topological polar surface area (TPSA) is 24.1 Å². The van der Waals surface area contributed by atoms with E-state index in [-0.39, 0.29) is 11.1 Å². The van der Waals surface area contributed by atoms with Gasteiger partial charge in [0.2, 0.25) is 0 Å². The summed E-state index contributed by atoms with van der Waals surface area (Å²) in [5, 5.41) is 7.43. The summed E-state index contributed by atoms with van der Waals surface area (Å²) < 4.78 is 0. The van der Waals surface area contributed by atoms with Crippen LogP contribution in [0, 0.1) is 5.92 Å². The van der Waals surface area contributed by atoms with Crippen molar-refractivity contribution < 1.29 is 0 Å². The zero-order valence-electron chi connectivity index (χ0n) is 12.6. The molecule has 0 radical (unpaired) electrons. The van der Waals surface area contributed by atoms with Gasteiger partial charge in [0, 0.05) is 11.1 Å². The first-order valence-corrected chi connectivity index (χ1v) is 6.66. The number of hydrogen-bond acceptors (Lipinski definition) is 2. The maximum Gasteiger partial charge on any atom is 0.0606 e. The van der Waals surface area contributed by atoms with Crippen molar-refractivity contribution in [2.75, 3.05) is 0 Å². The summed E-state index contributed by atoms with van der Waals surface area (Å²) in [5.41, 5.74) is 0.358. The second-order valence-corrected chi connectivity index (χ2v) is 6.64. The summed E-state index contributed by atoms with van der Waals surface area (Å²) in [6.07, 6.45) is 2.73. The molecular weight excluding hydrogens is 196 g/mol. The maximum atomic E-state index is 3.74. The Kier molecular flexibility index (Phi) is 5.99. The predicted molar refractivity (Wildman–Crippen MR) is 73.6 cm³/mol. The number of hydrogen-bond donors (Lipinski definition) is 2. The fraction of sp³-hybridized carbons (Fsp3) is 1.00. The van der Waals surface area contributed by atoms with Gasteiger partial charge >= 0.3 is 0 Å². The van der Waals surface area contributed by atoms with E-state index in [4.69, 9.17) is 0 Å². The highest BCUT2D eigenvalue weighted by Gasteiger charge is 2.26. The van der Waals surface area contributed by atoms with Gasteiger partial charge in [-0.1, -0.05) is 27.2 Å².